The van der Waals surface area contributed by atoms with Gasteiger partial charge in [-0.1, -0.05) is 98.2 Å². The van der Waals surface area contributed by atoms with E-state index in [0.717, 1.165) is 0 Å². The van der Waals surface area contributed by atoms with Crippen molar-refractivity contribution in [1.82, 2.24) is 0 Å². The lowest BCUT2D eigenvalue weighted by molar-refractivity contribution is 1.63. The summed E-state index contributed by atoms with van der Waals surface area (Å²) in [5.41, 5.74) is 2.56. The Bertz CT molecular complexity index is 1010. The van der Waals surface area contributed by atoms with Gasteiger partial charge in [-0.15, -0.1) is 0 Å². The van der Waals surface area contributed by atoms with Gasteiger partial charge in [-0.2, -0.15) is 0 Å². The minimum atomic E-state index is -0.342. The van der Waals surface area contributed by atoms with Crippen LogP contribution in [0.1, 0.15) is 0 Å². The van der Waals surface area contributed by atoms with Crippen molar-refractivity contribution >= 4 is 22.0 Å². The van der Waals surface area contributed by atoms with Gasteiger partial charge < -0.3 is 0 Å². The summed E-state index contributed by atoms with van der Waals surface area (Å²) in [5, 5.41) is 2.95. The molecule has 0 fully saturated rings. The minimum absolute atomic E-state index is 0.271. The Kier molecular flexibility index (Phi) is 5.68. The molecule has 0 aliphatic carbocycles. The molecule has 3 aromatic carbocycles. The Balaban J connectivity index is 1.82. The van der Waals surface area contributed by atoms with Crippen LogP contribution in [0, 0.1) is 0 Å². The second kappa shape index (κ2) is 8.53. The first-order chi connectivity index (χ1) is 12.9. The fraction of sp³-hybridized carbons (Fsp3) is 0. The van der Waals surface area contributed by atoms with Crippen LogP contribution >= 0.6 is 22.0 Å². The van der Waals surface area contributed by atoms with Crippen LogP contribution in [0.5, 0.6) is 0 Å². The molecule has 0 nitrogen and oxygen atoms in total. The molecule has 0 amide bonds. The molecule has 26 heavy (non-hydrogen) atoms. The molecule has 126 valence electrons. The molecular weight excluding hydrogens is 369 g/mol. The summed E-state index contributed by atoms with van der Waals surface area (Å²) in [6.07, 6.45) is 0. The van der Waals surface area contributed by atoms with Gasteiger partial charge in [0.2, 0.25) is 0 Å². The molecule has 0 radical (unpaired) electrons. The van der Waals surface area contributed by atoms with E-state index in [1.54, 1.807) is 0 Å². The van der Waals surface area contributed by atoms with Gasteiger partial charge in [-0.05, 0) is 49.6 Å². The lowest BCUT2D eigenvalue weighted by Gasteiger charge is -2.11. The van der Waals surface area contributed by atoms with Gasteiger partial charge in [0.25, 0.3) is 0 Å². The highest BCUT2D eigenvalue weighted by atomic mass is 32.2. The maximum absolute atomic E-state index is 2.43. The zero-order valence-electron chi connectivity index (χ0n) is 14.3. The van der Waals surface area contributed by atoms with E-state index in [1.165, 1.54) is 29.6 Å². The summed E-state index contributed by atoms with van der Waals surface area (Å²) in [7, 11) is 1.08. The fourth-order valence-corrected chi connectivity index (χ4v) is 12.9. The third-order valence-corrected chi connectivity index (χ3v) is 14.5. The number of rotatable bonds is 3. The number of hydrogen-bond donors (Lipinski definition) is 0. The summed E-state index contributed by atoms with van der Waals surface area (Å²) in [6.45, 7) is -0.271. The Hall–Kier alpha value is -2.09. The van der Waals surface area contributed by atoms with Crippen LogP contribution in [-0.4, -0.2) is 0 Å². The molecule has 2 atom stereocenters. The molecule has 2 unspecified atom stereocenters. The van der Waals surface area contributed by atoms with Crippen LogP contribution in [0.3, 0.4) is 0 Å². The molecular formula is C23H19P3. The third kappa shape index (κ3) is 4.00. The van der Waals surface area contributed by atoms with Gasteiger partial charge in [-0.3, -0.25) is 0 Å². The number of hydrogen-bond acceptors (Lipinski definition) is 0. The van der Waals surface area contributed by atoms with Crippen molar-refractivity contribution in [3.63, 3.8) is 0 Å². The predicted molar refractivity (Wildman–Crippen MR) is 120 cm³/mol. The van der Waals surface area contributed by atoms with Gasteiger partial charge in [-0.25, -0.2) is 0 Å². The molecule has 1 aromatic heterocycles. The first-order valence-electron chi connectivity index (χ1n) is 8.59. The molecule has 1 heterocycles. The number of benzene rings is 3. The molecule has 0 spiro atoms. The summed E-state index contributed by atoms with van der Waals surface area (Å²) in [4.78, 5) is 0. The van der Waals surface area contributed by atoms with Crippen LogP contribution < -0.4 is 0 Å². The van der Waals surface area contributed by atoms with Crippen molar-refractivity contribution in [2.45, 2.75) is 0 Å². The largest absolute Gasteiger partial charge is 0.0640 e. The van der Waals surface area contributed by atoms with E-state index < -0.39 is 0 Å². The minimum Gasteiger partial charge on any atom is -0.0640 e. The monoisotopic (exact) mass is 388 g/mol. The summed E-state index contributed by atoms with van der Waals surface area (Å²) >= 11 is 0. The van der Waals surface area contributed by atoms with E-state index in [0.29, 0.717) is 0 Å². The highest BCUT2D eigenvalue weighted by Gasteiger charge is 2.05. The lowest BCUT2D eigenvalue weighted by atomic mass is 10.1. The van der Waals surface area contributed by atoms with Gasteiger partial charge in [0, 0.05) is 10.6 Å². The van der Waals surface area contributed by atoms with Gasteiger partial charge in [0.1, 0.15) is 0 Å². The molecule has 3 heteroatoms. The Morgan fingerprint density at radius 1 is 0.500 bits per heavy atom. The van der Waals surface area contributed by atoms with E-state index in [1.807, 2.05) is 0 Å². The van der Waals surface area contributed by atoms with Crippen molar-refractivity contribution < 1.29 is 0 Å². The summed E-state index contributed by atoms with van der Waals surface area (Å²) in [5.74, 6) is 4.73. The van der Waals surface area contributed by atoms with Crippen molar-refractivity contribution in [1.29, 1.82) is 0 Å². The fourth-order valence-electron chi connectivity index (χ4n) is 2.85. The first kappa shape index (κ1) is 17.3. The van der Waals surface area contributed by atoms with Crippen molar-refractivity contribution in [2.75, 3.05) is 0 Å². The Morgan fingerprint density at radius 2 is 1.12 bits per heavy atom. The third-order valence-electron chi connectivity index (χ3n) is 4.14. The molecule has 0 aliphatic rings. The molecule has 0 bridgehead atoms. The molecule has 4 aromatic rings. The molecule has 0 N–H and O–H groups in total. The first-order valence-corrected chi connectivity index (χ1v) is 13.7. The van der Waals surface area contributed by atoms with Crippen molar-refractivity contribution in [3.8, 4) is 21.7 Å². The quantitative estimate of drug-likeness (QED) is 0.328. The molecule has 0 aliphatic heterocycles. The Morgan fingerprint density at radius 3 is 1.85 bits per heavy atom. The predicted octanol–water partition coefficient (Wildman–Crippen LogP) is 9.01. The van der Waals surface area contributed by atoms with Crippen LogP contribution in [0.25, 0.3) is 21.7 Å². The average molecular weight is 388 g/mol. The second-order valence-corrected chi connectivity index (χ2v) is 14.3. The summed E-state index contributed by atoms with van der Waals surface area (Å²) < 4.78 is 0. The van der Waals surface area contributed by atoms with Crippen LogP contribution in [0.2, 0.25) is 0 Å². The highest BCUT2D eigenvalue weighted by molar-refractivity contribution is 8.33. The lowest BCUT2D eigenvalue weighted by Crippen LogP contribution is -1.76. The SMILES string of the molecule is c1ccc(-c2ccc(-p3cccccpp3-c3ccccc3)cc2)cc1. The zero-order valence-corrected chi connectivity index (χ0v) is 17.0. The van der Waals surface area contributed by atoms with E-state index in [4.69, 9.17) is 0 Å². The molecule has 0 saturated carbocycles. The maximum Gasteiger partial charge on any atom is 0.00600 e. The van der Waals surface area contributed by atoms with E-state index in [9.17, 15) is 0 Å². The van der Waals surface area contributed by atoms with Gasteiger partial charge in [0.15, 0.2) is 0 Å². The highest BCUT2D eigenvalue weighted by Crippen LogP contribution is 2.65. The second-order valence-electron chi connectivity index (χ2n) is 5.87. The standard InChI is InChI=1S/C23H19P3/c1-4-10-20(11-5-1)21-14-16-22(17-15-21)25-19-9-3-8-18-24-26(25)23-12-6-2-7-13-23/h1-19H. The average Bonchev–Trinajstić information content (AvgIpc) is 2.70. The van der Waals surface area contributed by atoms with Crippen LogP contribution in [0.15, 0.2) is 115 Å². The van der Waals surface area contributed by atoms with Gasteiger partial charge >= 0.3 is 0 Å². The van der Waals surface area contributed by atoms with Crippen LogP contribution in [-0.2, 0) is 0 Å². The van der Waals surface area contributed by atoms with Gasteiger partial charge in [0.05, 0.1) is 0 Å². The molecule has 0 saturated heterocycles. The van der Waals surface area contributed by atoms with Crippen molar-refractivity contribution in [3.05, 3.63) is 115 Å². The van der Waals surface area contributed by atoms with Crippen LogP contribution in [0.4, 0.5) is 0 Å². The molecule has 4 rings (SSSR count). The zero-order chi connectivity index (χ0) is 17.6. The maximum atomic E-state index is 2.43. The smallest absolute Gasteiger partial charge is 0.00600 e. The normalized spacial score (nSPS) is 12.0. The van der Waals surface area contributed by atoms with E-state index in [2.05, 4.69) is 115 Å². The van der Waals surface area contributed by atoms with E-state index in [-0.39, 0.29) is 14.1 Å². The van der Waals surface area contributed by atoms with Crippen molar-refractivity contribution in [2.24, 2.45) is 0 Å². The Labute approximate surface area is 158 Å². The summed E-state index contributed by atoms with van der Waals surface area (Å²) in [6, 6.07) is 37.4. The van der Waals surface area contributed by atoms with E-state index >= 15 is 0 Å². The topological polar surface area (TPSA) is 0 Å².